The first-order valence-corrected chi connectivity index (χ1v) is 6.16. The molecule has 0 radical (unpaired) electrons. The third kappa shape index (κ3) is 3.38. The van der Waals surface area contributed by atoms with Crippen LogP contribution >= 0.6 is 0 Å². The lowest BCUT2D eigenvalue weighted by molar-refractivity contribution is 0.208. The van der Waals surface area contributed by atoms with Crippen molar-refractivity contribution in [2.75, 3.05) is 5.32 Å². The number of anilines is 1. The van der Waals surface area contributed by atoms with E-state index in [0.29, 0.717) is 11.4 Å². The minimum Gasteiger partial charge on any atom is -0.404 e. The number of aryl methyl sites for hydroxylation is 2. The molecule has 1 N–H and O–H groups in total. The van der Waals surface area contributed by atoms with Crippen molar-refractivity contribution in [1.82, 2.24) is 4.98 Å². The second kappa shape index (κ2) is 6.19. The fourth-order valence-electron chi connectivity index (χ4n) is 1.82. The fraction of sp³-hybridized carbons (Fsp3) is 0.143. The van der Waals surface area contributed by atoms with Crippen LogP contribution in [0.2, 0.25) is 0 Å². The summed E-state index contributed by atoms with van der Waals surface area (Å²) in [4.78, 5) is 15.6. The van der Waals surface area contributed by atoms with E-state index in [-0.39, 0.29) is 5.69 Å². The van der Waals surface area contributed by atoms with Gasteiger partial charge in [0.1, 0.15) is 0 Å². The quantitative estimate of drug-likeness (QED) is 0.514. The lowest BCUT2D eigenvalue weighted by Crippen LogP contribution is -2.19. The van der Waals surface area contributed by atoms with Crippen molar-refractivity contribution in [2.45, 2.75) is 13.8 Å². The molecule has 0 fully saturated rings. The monoisotopic (exact) mass is 332 g/mol. The maximum atomic E-state index is 13.4. The van der Waals surface area contributed by atoms with E-state index < -0.39 is 40.9 Å². The normalized spacial score (nSPS) is 10.6. The maximum absolute atomic E-state index is 13.4. The molecule has 122 valence electrons. The van der Waals surface area contributed by atoms with Gasteiger partial charge >= 0.3 is 6.09 Å². The number of aromatic nitrogens is 1. The molecule has 0 spiro atoms. The molecule has 0 atom stereocenters. The average molecular weight is 332 g/mol. The molecule has 1 aromatic heterocycles. The molecule has 2 rings (SSSR count). The zero-order valence-corrected chi connectivity index (χ0v) is 11.8. The summed E-state index contributed by atoms with van der Waals surface area (Å²) in [7, 11) is 0. The van der Waals surface area contributed by atoms with Crippen molar-refractivity contribution in [3.8, 4) is 5.75 Å². The Morgan fingerprint density at radius 3 is 1.83 bits per heavy atom. The zero-order valence-electron chi connectivity index (χ0n) is 11.8. The summed E-state index contributed by atoms with van der Waals surface area (Å²) in [5.41, 5.74) is 1.26. The highest BCUT2D eigenvalue weighted by atomic mass is 19.2. The topological polar surface area (TPSA) is 51.2 Å². The second-order valence-electron chi connectivity index (χ2n) is 4.55. The molecular weight excluding hydrogens is 323 g/mol. The van der Waals surface area contributed by atoms with Gasteiger partial charge in [0.15, 0.2) is 0 Å². The van der Waals surface area contributed by atoms with Gasteiger partial charge in [-0.3, -0.25) is 10.3 Å². The molecule has 9 heteroatoms. The molecule has 1 aromatic carbocycles. The number of nitrogens with one attached hydrogen (secondary N) is 1. The first kappa shape index (κ1) is 16.7. The molecule has 1 heterocycles. The van der Waals surface area contributed by atoms with Gasteiger partial charge in [-0.1, -0.05) is 0 Å². The van der Waals surface area contributed by atoms with Crippen LogP contribution in [0, 0.1) is 42.9 Å². The molecule has 0 saturated heterocycles. The first-order valence-electron chi connectivity index (χ1n) is 6.16. The predicted molar refractivity (Wildman–Crippen MR) is 69.6 cm³/mol. The molecular formula is C14H9F5N2O2. The Bertz CT molecular complexity index is 746. The van der Waals surface area contributed by atoms with Gasteiger partial charge < -0.3 is 4.74 Å². The van der Waals surface area contributed by atoms with Gasteiger partial charge in [0.2, 0.25) is 34.8 Å². The van der Waals surface area contributed by atoms with Crippen LogP contribution in [0.1, 0.15) is 11.4 Å². The Hall–Kier alpha value is -2.71. The van der Waals surface area contributed by atoms with Gasteiger partial charge in [0, 0.05) is 17.1 Å². The SMILES string of the molecule is Cc1cc(NC(=O)Oc2c(F)c(F)c(F)c(F)c2F)cc(C)n1. The number of carbonyl (C=O) groups is 1. The Morgan fingerprint density at radius 2 is 1.35 bits per heavy atom. The van der Waals surface area contributed by atoms with E-state index in [0.717, 1.165) is 0 Å². The Labute approximate surface area is 126 Å². The summed E-state index contributed by atoms with van der Waals surface area (Å²) < 4.78 is 69.9. The van der Waals surface area contributed by atoms with Crippen molar-refractivity contribution in [3.63, 3.8) is 0 Å². The molecule has 0 aliphatic carbocycles. The van der Waals surface area contributed by atoms with Gasteiger partial charge in [0.05, 0.1) is 0 Å². The average Bonchev–Trinajstić information content (AvgIpc) is 2.46. The van der Waals surface area contributed by atoms with E-state index in [9.17, 15) is 26.7 Å². The highest BCUT2D eigenvalue weighted by molar-refractivity contribution is 5.86. The van der Waals surface area contributed by atoms with Gasteiger partial charge in [-0.25, -0.2) is 18.0 Å². The summed E-state index contributed by atoms with van der Waals surface area (Å²) in [6.45, 7) is 3.27. The third-order valence-electron chi connectivity index (χ3n) is 2.69. The van der Waals surface area contributed by atoms with Crippen LogP contribution in [0.15, 0.2) is 12.1 Å². The van der Waals surface area contributed by atoms with Gasteiger partial charge in [-0.2, -0.15) is 8.78 Å². The van der Waals surface area contributed by atoms with E-state index in [1.165, 1.54) is 12.1 Å². The van der Waals surface area contributed by atoms with Gasteiger partial charge in [-0.05, 0) is 26.0 Å². The van der Waals surface area contributed by atoms with E-state index >= 15 is 0 Å². The van der Waals surface area contributed by atoms with E-state index in [1.54, 1.807) is 13.8 Å². The highest BCUT2D eigenvalue weighted by Crippen LogP contribution is 2.29. The number of ether oxygens (including phenoxy) is 1. The smallest absolute Gasteiger partial charge is 0.404 e. The Balaban J connectivity index is 2.27. The van der Waals surface area contributed by atoms with Gasteiger partial charge in [0.25, 0.3) is 0 Å². The van der Waals surface area contributed by atoms with E-state index in [4.69, 9.17) is 0 Å². The predicted octanol–water partition coefficient (Wildman–Crippen LogP) is 4.00. The number of rotatable bonds is 2. The summed E-state index contributed by atoms with van der Waals surface area (Å²) in [6, 6.07) is 2.85. The van der Waals surface area contributed by atoms with Crippen LogP contribution in [0.5, 0.6) is 5.75 Å². The number of nitrogens with zero attached hydrogens (tertiary/aromatic N) is 1. The molecule has 1 amide bonds. The molecule has 0 saturated carbocycles. The largest absolute Gasteiger partial charge is 0.417 e. The molecule has 0 bridgehead atoms. The van der Waals surface area contributed by atoms with E-state index in [1.807, 2.05) is 0 Å². The van der Waals surface area contributed by atoms with Crippen molar-refractivity contribution in [2.24, 2.45) is 0 Å². The molecule has 0 aliphatic heterocycles. The van der Waals surface area contributed by atoms with Crippen LogP contribution in [0.25, 0.3) is 0 Å². The Kier molecular flexibility index (Phi) is 4.48. The van der Waals surface area contributed by atoms with Crippen molar-refractivity contribution in [1.29, 1.82) is 0 Å². The van der Waals surface area contributed by atoms with Crippen molar-refractivity contribution < 1.29 is 31.5 Å². The van der Waals surface area contributed by atoms with Gasteiger partial charge in [-0.15, -0.1) is 0 Å². The van der Waals surface area contributed by atoms with Crippen LogP contribution in [0.3, 0.4) is 0 Å². The lowest BCUT2D eigenvalue weighted by Gasteiger charge is -2.10. The number of benzene rings is 1. The van der Waals surface area contributed by atoms with Crippen LogP contribution in [0.4, 0.5) is 32.4 Å². The molecule has 23 heavy (non-hydrogen) atoms. The van der Waals surface area contributed by atoms with Crippen molar-refractivity contribution in [3.05, 3.63) is 52.6 Å². The number of hydrogen-bond acceptors (Lipinski definition) is 3. The lowest BCUT2D eigenvalue weighted by atomic mass is 10.2. The standard InChI is InChI=1S/C14H9F5N2O2/c1-5-3-7(4-6(2)20-5)21-14(22)23-13-11(18)9(16)8(15)10(17)12(13)19/h3-4H,1-2H3,(H,20,21,22). The first-order chi connectivity index (χ1) is 10.7. The number of halogens is 5. The molecule has 2 aromatic rings. The summed E-state index contributed by atoms with van der Waals surface area (Å²) >= 11 is 0. The second-order valence-corrected chi connectivity index (χ2v) is 4.55. The number of pyridine rings is 1. The minimum absolute atomic E-state index is 0.184. The highest BCUT2D eigenvalue weighted by Gasteiger charge is 2.28. The van der Waals surface area contributed by atoms with E-state index in [2.05, 4.69) is 15.0 Å². The fourth-order valence-corrected chi connectivity index (χ4v) is 1.82. The maximum Gasteiger partial charge on any atom is 0.417 e. The summed E-state index contributed by atoms with van der Waals surface area (Å²) in [5.74, 6) is -12.9. The Morgan fingerprint density at radius 1 is 0.913 bits per heavy atom. The summed E-state index contributed by atoms with van der Waals surface area (Å²) in [5, 5.41) is 2.11. The minimum atomic E-state index is -2.34. The third-order valence-corrected chi connectivity index (χ3v) is 2.69. The van der Waals surface area contributed by atoms with Crippen molar-refractivity contribution >= 4 is 11.8 Å². The molecule has 0 unspecified atom stereocenters. The zero-order chi connectivity index (χ0) is 17.3. The number of carbonyl (C=O) groups excluding carboxylic acids is 1. The number of hydrogen-bond donors (Lipinski definition) is 1. The van der Waals surface area contributed by atoms with Crippen LogP contribution in [-0.2, 0) is 0 Å². The summed E-state index contributed by atoms with van der Waals surface area (Å²) in [6.07, 6.45) is -1.42. The number of amides is 1. The molecule has 0 aliphatic rings. The van der Waals surface area contributed by atoms with Crippen LogP contribution < -0.4 is 10.1 Å². The van der Waals surface area contributed by atoms with Crippen LogP contribution in [-0.4, -0.2) is 11.1 Å². The molecule has 4 nitrogen and oxygen atoms in total.